The van der Waals surface area contributed by atoms with Gasteiger partial charge in [-0.25, -0.2) is 4.79 Å². The van der Waals surface area contributed by atoms with Crippen LogP contribution in [0.15, 0.2) is 54.6 Å². The Morgan fingerprint density at radius 1 is 0.960 bits per heavy atom. The van der Waals surface area contributed by atoms with E-state index in [0.717, 1.165) is 0 Å². The number of fused-ring (bicyclic) bond motifs is 1. The van der Waals surface area contributed by atoms with Crippen LogP contribution in [0.4, 0.5) is 5.69 Å². The van der Waals surface area contributed by atoms with Gasteiger partial charge in [-0.2, -0.15) is 0 Å². The number of carboxylic acid groups (broad SMARTS) is 1. The Bertz CT molecular complexity index is 971. The lowest BCUT2D eigenvalue weighted by atomic mass is 10.0. The van der Waals surface area contributed by atoms with Crippen LogP contribution in [0.5, 0.6) is 0 Å². The van der Waals surface area contributed by atoms with E-state index in [1.54, 1.807) is 36.4 Å². The fourth-order valence-corrected chi connectivity index (χ4v) is 3.20. The molecule has 2 N–H and O–H groups in total. The van der Waals surface area contributed by atoms with Crippen molar-refractivity contribution in [2.45, 2.75) is 0 Å². The highest BCUT2D eigenvalue weighted by atomic mass is 35.5. The summed E-state index contributed by atoms with van der Waals surface area (Å²) in [5.74, 6) is -1.19. The number of halogens is 2. The number of hydrogen-bond donors (Lipinski definition) is 2. The van der Waals surface area contributed by atoms with Crippen molar-refractivity contribution < 1.29 is 14.7 Å². The highest BCUT2D eigenvalue weighted by molar-refractivity contribution is 6.39. The van der Waals surface area contributed by atoms with Gasteiger partial charge >= 0.3 is 5.97 Å². The van der Waals surface area contributed by atoms with E-state index in [-0.39, 0.29) is 17.9 Å². The molecule has 0 saturated carbocycles. The third kappa shape index (κ3) is 3.76. The smallest absolute Gasteiger partial charge is 0.335 e. The van der Waals surface area contributed by atoms with E-state index in [4.69, 9.17) is 23.2 Å². The number of rotatable bonds is 5. The zero-order valence-corrected chi connectivity index (χ0v) is 14.4. The Morgan fingerprint density at radius 2 is 1.68 bits per heavy atom. The first-order valence-electron chi connectivity index (χ1n) is 7.44. The summed E-state index contributed by atoms with van der Waals surface area (Å²) in [5.41, 5.74) is 1.13. The number of ketones is 1. The van der Waals surface area contributed by atoms with Gasteiger partial charge < -0.3 is 10.4 Å². The topological polar surface area (TPSA) is 66.4 Å². The van der Waals surface area contributed by atoms with Crippen molar-refractivity contribution in [3.8, 4) is 0 Å². The van der Waals surface area contributed by atoms with Crippen LogP contribution < -0.4 is 5.32 Å². The van der Waals surface area contributed by atoms with Crippen molar-refractivity contribution in [1.29, 1.82) is 0 Å². The van der Waals surface area contributed by atoms with Crippen LogP contribution >= 0.6 is 23.2 Å². The number of carbonyl (C=O) groups excluding carboxylic acids is 1. The molecule has 0 fully saturated rings. The molecule has 0 amide bonds. The maximum atomic E-state index is 12.3. The minimum absolute atomic E-state index is 0.0150. The van der Waals surface area contributed by atoms with Crippen LogP contribution in [-0.4, -0.2) is 23.4 Å². The number of anilines is 1. The van der Waals surface area contributed by atoms with Crippen molar-refractivity contribution in [3.05, 3.63) is 75.8 Å². The molecule has 0 heterocycles. The van der Waals surface area contributed by atoms with Gasteiger partial charge in [0.05, 0.1) is 17.1 Å². The maximum absolute atomic E-state index is 12.3. The number of benzene rings is 3. The summed E-state index contributed by atoms with van der Waals surface area (Å²) < 4.78 is 0. The third-order valence-corrected chi connectivity index (χ3v) is 4.26. The van der Waals surface area contributed by atoms with Gasteiger partial charge in [-0.15, -0.1) is 0 Å². The van der Waals surface area contributed by atoms with E-state index in [2.05, 4.69) is 5.32 Å². The lowest BCUT2D eigenvalue weighted by Crippen LogP contribution is -2.14. The Balaban J connectivity index is 1.99. The van der Waals surface area contributed by atoms with E-state index < -0.39 is 5.97 Å². The normalized spacial score (nSPS) is 10.6. The predicted octanol–water partition coefficient (Wildman–Crippen LogP) is 5.14. The molecule has 3 aromatic rings. The van der Waals surface area contributed by atoms with E-state index in [0.29, 0.717) is 32.1 Å². The molecule has 25 heavy (non-hydrogen) atoms. The number of nitrogens with one attached hydrogen (secondary N) is 1. The monoisotopic (exact) mass is 373 g/mol. The number of Topliss-reactive ketones (excluding diaryl/α,β-unsaturated/α-hetero) is 1. The molecule has 0 aliphatic heterocycles. The SMILES string of the molecule is O=C(O)c1cc(NCC(=O)c2ccccc2)c2c(Cl)cc(Cl)cc2c1. The molecule has 126 valence electrons. The second-order valence-electron chi connectivity index (χ2n) is 5.46. The van der Waals surface area contributed by atoms with Crippen LogP contribution in [0.2, 0.25) is 10.0 Å². The second kappa shape index (κ2) is 7.13. The van der Waals surface area contributed by atoms with Gasteiger partial charge in [0.15, 0.2) is 5.78 Å². The fraction of sp³-hybridized carbons (Fsp3) is 0.0526. The van der Waals surface area contributed by atoms with E-state index in [1.165, 1.54) is 12.1 Å². The molecule has 0 bridgehead atoms. The molecule has 6 heteroatoms. The zero-order chi connectivity index (χ0) is 18.0. The quantitative estimate of drug-likeness (QED) is 0.607. The van der Waals surface area contributed by atoms with Gasteiger partial charge in [0.1, 0.15) is 0 Å². The Hall–Kier alpha value is -2.56. The van der Waals surface area contributed by atoms with Gasteiger partial charge in [-0.1, -0.05) is 53.5 Å². The minimum Gasteiger partial charge on any atom is -0.478 e. The van der Waals surface area contributed by atoms with E-state index in [9.17, 15) is 14.7 Å². The van der Waals surface area contributed by atoms with Crippen molar-refractivity contribution in [2.75, 3.05) is 11.9 Å². The minimum atomic E-state index is -1.07. The standard InChI is InChI=1S/C19H13Cl2NO3/c20-14-7-12-6-13(19(24)25)8-16(18(12)15(21)9-14)22-10-17(23)11-4-2-1-3-5-11/h1-9,22H,10H2,(H,24,25). The average molecular weight is 374 g/mol. The molecule has 0 aliphatic rings. The van der Waals surface area contributed by atoms with Crippen LogP contribution in [0.25, 0.3) is 10.8 Å². The van der Waals surface area contributed by atoms with Crippen molar-refractivity contribution >= 4 is 51.4 Å². The van der Waals surface area contributed by atoms with Crippen molar-refractivity contribution in [2.24, 2.45) is 0 Å². The molecule has 0 radical (unpaired) electrons. The molecule has 3 rings (SSSR count). The molecular weight excluding hydrogens is 361 g/mol. The zero-order valence-electron chi connectivity index (χ0n) is 12.9. The van der Waals surface area contributed by atoms with E-state index in [1.807, 2.05) is 6.07 Å². The summed E-state index contributed by atoms with van der Waals surface area (Å²) in [6.07, 6.45) is 0. The molecule has 0 saturated heterocycles. The summed E-state index contributed by atoms with van der Waals surface area (Å²) in [7, 11) is 0. The van der Waals surface area contributed by atoms with Crippen LogP contribution in [0.1, 0.15) is 20.7 Å². The molecule has 3 aromatic carbocycles. The van der Waals surface area contributed by atoms with Crippen LogP contribution in [-0.2, 0) is 0 Å². The lowest BCUT2D eigenvalue weighted by molar-refractivity contribution is 0.0697. The second-order valence-corrected chi connectivity index (χ2v) is 6.30. The van der Waals surface area contributed by atoms with Crippen LogP contribution in [0, 0.1) is 0 Å². The van der Waals surface area contributed by atoms with Crippen molar-refractivity contribution in [3.63, 3.8) is 0 Å². The Morgan fingerprint density at radius 3 is 2.36 bits per heavy atom. The number of hydrogen-bond acceptors (Lipinski definition) is 3. The summed E-state index contributed by atoms with van der Waals surface area (Å²) in [6.45, 7) is 0.0150. The third-order valence-electron chi connectivity index (χ3n) is 3.75. The van der Waals surface area contributed by atoms with Gasteiger partial charge in [-0.3, -0.25) is 4.79 Å². The fourth-order valence-electron chi connectivity index (χ4n) is 2.59. The summed E-state index contributed by atoms with van der Waals surface area (Å²) in [5, 5.41) is 14.3. The Labute approximate surface area is 154 Å². The summed E-state index contributed by atoms with van der Waals surface area (Å²) in [6, 6.07) is 15.0. The number of aromatic carboxylic acids is 1. The lowest BCUT2D eigenvalue weighted by Gasteiger charge is -2.13. The molecule has 0 unspecified atom stereocenters. The highest BCUT2D eigenvalue weighted by Crippen LogP contribution is 2.34. The first-order valence-corrected chi connectivity index (χ1v) is 8.19. The number of carboxylic acids is 1. The highest BCUT2D eigenvalue weighted by Gasteiger charge is 2.14. The van der Waals surface area contributed by atoms with Crippen LogP contribution in [0.3, 0.4) is 0 Å². The predicted molar refractivity (Wildman–Crippen MR) is 100 cm³/mol. The first-order chi connectivity index (χ1) is 12.0. The van der Waals surface area contributed by atoms with Gasteiger partial charge in [-0.05, 0) is 29.7 Å². The Kier molecular flexibility index (Phi) is 4.93. The molecule has 0 spiro atoms. The van der Waals surface area contributed by atoms with E-state index >= 15 is 0 Å². The molecular formula is C19H13Cl2NO3. The van der Waals surface area contributed by atoms with Crippen molar-refractivity contribution in [1.82, 2.24) is 0 Å². The van der Waals surface area contributed by atoms with Gasteiger partial charge in [0.2, 0.25) is 0 Å². The molecule has 4 nitrogen and oxygen atoms in total. The van der Waals surface area contributed by atoms with Gasteiger partial charge in [0, 0.05) is 21.7 Å². The largest absolute Gasteiger partial charge is 0.478 e. The average Bonchev–Trinajstić information content (AvgIpc) is 2.59. The first kappa shape index (κ1) is 17.3. The molecule has 0 aliphatic carbocycles. The maximum Gasteiger partial charge on any atom is 0.335 e. The summed E-state index contributed by atoms with van der Waals surface area (Å²) >= 11 is 12.3. The molecule has 0 atom stereocenters. The molecule has 0 aromatic heterocycles. The van der Waals surface area contributed by atoms with Gasteiger partial charge in [0.25, 0.3) is 0 Å². The summed E-state index contributed by atoms with van der Waals surface area (Å²) in [4.78, 5) is 23.6. The number of carbonyl (C=O) groups is 2.